The van der Waals surface area contributed by atoms with Gasteiger partial charge < -0.3 is 10.6 Å². The zero-order chi connectivity index (χ0) is 23.4. The third kappa shape index (κ3) is 6.03. The molecule has 2 N–H and O–H groups in total. The average Bonchev–Trinajstić information content (AvgIpc) is 2.72. The number of benzene rings is 2. The molecule has 0 aromatic heterocycles. The first-order valence-electron chi connectivity index (χ1n) is 9.50. The van der Waals surface area contributed by atoms with Gasteiger partial charge in [0.2, 0.25) is 26.0 Å². The molecule has 2 aromatic rings. The van der Waals surface area contributed by atoms with Gasteiger partial charge in [-0.15, -0.1) is 0 Å². The second kappa shape index (κ2) is 9.77. The smallest absolute Gasteiger partial charge is 0.243 e. The minimum atomic E-state index is -3.57. The molecule has 0 heterocycles. The van der Waals surface area contributed by atoms with E-state index in [0.717, 1.165) is 4.31 Å². The lowest BCUT2D eigenvalue weighted by Gasteiger charge is -2.21. The first-order valence-corrected chi connectivity index (χ1v) is 12.4. The van der Waals surface area contributed by atoms with E-state index in [4.69, 9.17) is 0 Å². The van der Waals surface area contributed by atoms with E-state index in [1.807, 2.05) is 0 Å². The van der Waals surface area contributed by atoms with Crippen molar-refractivity contribution in [3.63, 3.8) is 0 Å². The Kier molecular flexibility index (Phi) is 7.82. The summed E-state index contributed by atoms with van der Waals surface area (Å²) in [5.41, 5.74) is 1.05. The predicted molar refractivity (Wildman–Crippen MR) is 121 cm³/mol. The van der Waals surface area contributed by atoms with Crippen LogP contribution in [0.4, 0.5) is 11.4 Å². The van der Waals surface area contributed by atoms with Crippen LogP contribution in [0, 0.1) is 0 Å². The Bertz CT molecular complexity index is 1110. The zero-order valence-corrected chi connectivity index (χ0v) is 19.8. The third-order valence-electron chi connectivity index (χ3n) is 4.63. The van der Waals surface area contributed by atoms with Crippen LogP contribution in [0.3, 0.4) is 0 Å². The number of sulfonamides is 2. The van der Waals surface area contributed by atoms with Crippen molar-refractivity contribution < 1.29 is 21.6 Å². The quantitative estimate of drug-likeness (QED) is 0.582. The lowest BCUT2D eigenvalue weighted by atomic mass is 10.3. The lowest BCUT2D eigenvalue weighted by Crippen LogP contribution is -2.33. The van der Waals surface area contributed by atoms with Gasteiger partial charge in [-0.05, 0) is 62.4 Å². The van der Waals surface area contributed by atoms with Crippen molar-refractivity contribution in [2.24, 2.45) is 0 Å². The molecule has 11 heteroatoms. The number of hydrogen-bond acceptors (Lipinski definition) is 6. The number of nitrogens with zero attached hydrogens (tertiary/aromatic N) is 2. The van der Waals surface area contributed by atoms with Gasteiger partial charge >= 0.3 is 0 Å². The maximum Gasteiger partial charge on any atom is 0.243 e. The van der Waals surface area contributed by atoms with Gasteiger partial charge in [-0.3, -0.25) is 4.79 Å². The molecule has 0 fully saturated rings. The molecular weight excluding hydrogens is 440 g/mol. The van der Waals surface area contributed by atoms with Crippen molar-refractivity contribution in [1.82, 2.24) is 8.61 Å². The fraction of sp³-hybridized carbons (Fsp3) is 0.350. The predicted octanol–water partition coefficient (Wildman–Crippen LogP) is 2.02. The van der Waals surface area contributed by atoms with Crippen molar-refractivity contribution in [3.05, 3.63) is 48.5 Å². The number of anilines is 2. The molecule has 0 aliphatic heterocycles. The highest BCUT2D eigenvalue weighted by molar-refractivity contribution is 7.89. The summed E-state index contributed by atoms with van der Waals surface area (Å²) in [6.45, 7) is 3.54. The number of carbonyl (C=O) groups excluding carboxylic acids is 1. The molecule has 0 saturated heterocycles. The summed E-state index contributed by atoms with van der Waals surface area (Å²) in [6, 6.07) is 11.9. The summed E-state index contributed by atoms with van der Waals surface area (Å²) >= 11 is 0. The number of rotatable bonds is 9. The standard InChI is InChI=1S/C20H28N4O5S2/c1-15(2)24(5)31(28,29)19-10-6-16(7-11-19)21-14-20(25)22-17-8-12-18(13-9-17)30(26,27)23(3)4/h6-13,15,21H,14H2,1-5H3,(H,22,25). The van der Waals surface area contributed by atoms with Crippen LogP contribution in [0.1, 0.15) is 13.8 Å². The molecule has 0 spiro atoms. The second-order valence-corrected chi connectivity index (χ2v) is 11.5. The Balaban J connectivity index is 1.96. The highest BCUT2D eigenvalue weighted by Crippen LogP contribution is 2.19. The van der Waals surface area contributed by atoms with Gasteiger partial charge in [-0.1, -0.05) is 0 Å². The van der Waals surface area contributed by atoms with Crippen molar-refractivity contribution in [2.45, 2.75) is 29.7 Å². The summed E-state index contributed by atoms with van der Waals surface area (Å²) in [7, 11) is -2.68. The summed E-state index contributed by atoms with van der Waals surface area (Å²) in [5, 5.41) is 5.59. The highest BCUT2D eigenvalue weighted by atomic mass is 32.2. The summed E-state index contributed by atoms with van der Waals surface area (Å²) in [6.07, 6.45) is 0. The highest BCUT2D eigenvalue weighted by Gasteiger charge is 2.22. The minimum absolute atomic E-state index is 0.0459. The number of hydrogen-bond donors (Lipinski definition) is 2. The molecule has 0 atom stereocenters. The van der Waals surface area contributed by atoms with Crippen LogP contribution in [0.15, 0.2) is 58.3 Å². The van der Waals surface area contributed by atoms with E-state index >= 15 is 0 Å². The molecular formula is C20H28N4O5S2. The minimum Gasteiger partial charge on any atom is -0.376 e. The van der Waals surface area contributed by atoms with Gasteiger partial charge in [0.25, 0.3) is 0 Å². The van der Waals surface area contributed by atoms with E-state index in [-0.39, 0.29) is 28.3 Å². The van der Waals surface area contributed by atoms with Crippen LogP contribution in [0.2, 0.25) is 0 Å². The second-order valence-electron chi connectivity index (χ2n) is 7.35. The van der Waals surface area contributed by atoms with Crippen LogP contribution >= 0.6 is 0 Å². The molecule has 31 heavy (non-hydrogen) atoms. The van der Waals surface area contributed by atoms with Gasteiger partial charge in [0, 0.05) is 38.6 Å². The Labute approximate surface area is 184 Å². The molecule has 0 aliphatic carbocycles. The molecule has 2 rings (SSSR count). The molecule has 0 aliphatic rings. The van der Waals surface area contributed by atoms with E-state index in [1.54, 1.807) is 26.0 Å². The van der Waals surface area contributed by atoms with Gasteiger partial charge in [0.05, 0.1) is 16.3 Å². The zero-order valence-electron chi connectivity index (χ0n) is 18.2. The third-order valence-corrected chi connectivity index (χ3v) is 8.51. The van der Waals surface area contributed by atoms with Crippen molar-refractivity contribution in [2.75, 3.05) is 38.3 Å². The largest absolute Gasteiger partial charge is 0.376 e. The van der Waals surface area contributed by atoms with Crippen molar-refractivity contribution >= 4 is 37.3 Å². The number of nitrogens with one attached hydrogen (secondary N) is 2. The van der Waals surface area contributed by atoms with Crippen LogP contribution in [0.25, 0.3) is 0 Å². The van der Waals surface area contributed by atoms with Crippen molar-refractivity contribution in [3.8, 4) is 0 Å². The van der Waals surface area contributed by atoms with E-state index in [0.29, 0.717) is 11.4 Å². The van der Waals surface area contributed by atoms with Gasteiger partial charge in [0.1, 0.15) is 0 Å². The molecule has 1 amide bonds. The van der Waals surface area contributed by atoms with Crippen LogP contribution in [0.5, 0.6) is 0 Å². The number of amides is 1. The normalized spacial score (nSPS) is 12.4. The number of carbonyl (C=O) groups is 1. The van der Waals surface area contributed by atoms with Gasteiger partial charge in [-0.2, -0.15) is 4.31 Å². The Morgan fingerprint density at radius 2 is 1.26 bits per heavy atom. The molecule has 0 radical (unpaired) electrons. The molecule has 9 nitrogen and oxygen atoms in total. The topological polar surface area (TPSA) is 116 Å². The average molecular weight is 469 g/mol. The summed E-state index contributed by atoms with van der Waals surface area (Å²) in [5.74, 6) is -0.334. The van der Waals surface area contributed by atoms with Crippen LogP contribution in [-0.4, -0.2) is 65.1 Å². The lowest BCUT2D eigenvalue weighted by molar-refractivity contribution is -0.114. The summed E-state index contributed by atoms with van der Waals surface area (Å²) in [4.78, 5) is 12.5. The molecule has 0 unspecified atom stereocenters. The Hall–Kier alpha value is -2.47. The Morgan fingerprint density at radius 1 is 0.806 bits per heavy atom. The monoisotopic (exact) mass is 468 g/mol. The van der Waals surface area contributed by atoms with E-state index in [2.05, 4.69) is 10.6 Å². The molecule has 2 aromatic carbocycles. The first kappa shape index (κ1) is 24.8. The summed E-state index contributed by atoms with van der Waals surface area (Å²) < 4.78 is 51.5. The van der Waals surface area contributed by atoms with E-state index in [9.17, 15) is 21.6 Å². The SMILES string of the molecule is CC(C)N(C)S(=O)(=O)c1ccc(NCC(=O)Nc2ccc(S(=O)(=O)N(C)C)cc2)cc1. The maximum absolute atomic E-state index is 12.5. The molecule has 0 saturated carbocycles. The van der Waals surface area contributed by atoms with Crippen LogP contribution < -0.4 is 10.6 Å². The van der Waals surface area contributed by atoms with Crippen LogP contribution in [-0.2, 0) is 24.8 Å². The molecule has 170 valence electrons. The van der Waals surface area contributed by atoms with E-state index in [1.165, 1.54) is 61.8 Å². The Morgan fingerprint density at radius 3 is 1.71 bits per heavy atom. The fourth-order valence-electron chi connectivity index (χ4n) is 2.50. The fourth-order valence-corrected chi connectivity index (χ4v) is 4.77. The first-order chi connectivity index (χ1) is 14.4. The van der Waals surface area contributed by atoms with Gasteiger partial charge in [0.15, 0.2) is 0 Å². The molecule has 0 bridgehead atoms. The van der Waals surface area contributed by atoms with Crippen molar-refractivity contribution in [1.29, 1.82) is 0 Å². The van der Waals surface area contributed by atoms with Gasteiger partial charge in [-0.25, -0.2) is 21.1 Å². The maximum atomic E-state index is 12.5. The van der Waals surface area contributed by atoms with E-state index < -0.39 is 20.0 Å².